The topological polar surface area (TPSA) is 77.9 Å². The Morgan fingerprint density at radius 1 is 1.04 bits per heavy atom. The van der Waals surface area contributed by atoms with Crippen LogP contribution in [0.25, 0.3) is 0 Å². The highest BCUT2D eigenvalue weighted by molar-refractivity contribution is 7.89. The summed E-state index contributed by atoms with van der Waals surface area (Å²) in [7, 11) is -2.13. The van der Waals surface area contributed by atoms with E-state index < -0.39 is 10.0 Å². The number of benzene rings is 2. The number of sulfonamides is 1. The highest BCUT2D eigenvalue weighted by atomic mass is 32.2. The van der Waals surface area contributed by atoms with E-state index in [1.54, 1.807) is 35.2 Å². The van der Waals surface area contributed by atoms with Crippen molar-refractivity contribution in [2.75, 3.05) is 20.2 Å². The number of hydrogen-bond acceptors (Lipinski definition) is 4. The van der Waals surface area contributed by atoms with Crippen LogP contribution in [0, 0.1) is 0 Å². The van der Waals surface area contributed by atoms with E-state index in [4.69, 9.17) is 0 Å². The molecule has 1 N–H and O–H groups in total. The van der Waals surface area contributed by atoms with Gasteiger partial charge in [0.05, 0.1) is 23.6 Å². The molecule has 0 saturated carbocycles. The first-order valence-electron chi connectivity index (χ1n) is 8.84. The van der Waals surface area contributed by atoms with Gasteiger partial charge in [-0.1, -0.05) is 48.5 Å². The van der Waals surface area contributed by atoms with Crippen LogP contribution in [0.4, 0.5) is 0 Å². The highest BCUT2D eigenvalue weighted by Crippen LogP contribution is 2.41. The Labute approximate surface area is 160 Å². The number of aliphatic hydroxyl groups is 1. The monoisotopic (exact) mass is 388 g/mol. The van der Waals surface area contributed by atoms with E-state index in [1.165, 1.54) is 18.3 Å². The van der Waals surface area contributed by atoms with Gasteiger partial charge in [0.25, 0.3) is 0 Å². The van der Waals surface area contributed by atoms with Crippen LogP contribution in [-0.2, 0) is 14.8 Å². The van der Waals surface area contributed by atoms with Crippen LogP contribution in [0.1, 0.15) is 18.4 Å². The van der Waals surface area contributed by atoms with Crippen LogP contribution in [0.2, 0.25) is 0 Å². The average Bonchev–Trinajstić information content (AvgIpc) is 2.65. The zero-order chi connectivity index (χ0) is 19.6. The first kappa shape index (κ1) is 19.5. The molecule has 1 fully saturated rings. The number of carbonyl (C=O) groups excluding carboxylic acids is 1. The van der Waals surface area contributed by atoms with Crippen molar-refractivity contribution in [2.45, 2.75) is 29.8 Å². The van der Waals surface area contributed by atoms with E-state index in [2.05, 4.69) is 0 Å². The molecule has 3 atom stereocenters. The van der Waals surface area contributed by atoms with E-state index in [1.807, 2.05) is 30.3 Å². The Morgan fingerprint density at radius 2 is 1.59 bits per heavy atom. The normalized spacial score (nSPS) is 22.5. The fourth-order valence-electron chi connectivity index (χ4n) is 3.87. The van der Waals surface area contributed by atoms with Crippen LogP contribution in [0.5, 0.6) is 0 Å². The van der Waals surface area contributed by atoms with E-state index >= 15 is 0 Å². The molecule has 144 valence electrons. The molecular formula is C20H24N2O4S. The first-order chi connectivity index (χ1) is 12.9. The van der Waals surface area contributed by atoms with Gasteiger partial charge in [0, 0.05) is 26.4 Å². The Kier molecular flexibility index (Phi) is 5.64. The maximum atomic E-state index is 12.9. The van der Waals surface area contributed by atoms with Crippen molar-refractivity contribution in [1.82, 2.24) is 9.21 Å². The molecule has 2 aromatic carbocycles. The summed E-state index contributed by atoms with van der Waals surface area (Å²) >= 11 is 0. The fraction of sp³-hybridized carbons (Fsp3) is 0.350. The Balaban J connectivity index is 1.89. The van der Waals surface area contributed by atoms with Gasteiger partial charge in [0.1, 0.15) is 0 Å². The zero-order valence-corrected chi connectivity index (χ0v) is 16.2. The fourth-order valence-corrected chi connectivity index (χ4v) is 5.08. The molecule has 0 aromatic heterocycles. The summed E-state index contributed by atoms with van der Waals surface area (Å²) in [5.41, 5.74) is 0.990. The number of nitrogens with zero attached hydrogens (tertiary/aromatic N) is 2. The van der Waals surface area contributed by atoms with E-state index in [-0.39, 0.29) is 42.0 Å². The summed E-state index contributed by atoms with van der Waals surface area (Å²) in [6.45, 7) is 1.44. The van der Waals surface area contributed by atoms with Gasteiger partial charge in [-0.2, -0.15) is 4.31 Å². The largest absolute Gasteiger partial charge is 0.394 e. The lowest BCUT2D eigenvalue weighted by molar-refractivity contribution is -0.148. The van der Waals surface area contributed by atoms with Crippen LogP contribution in [-0.4, -0.2) is 60.9 Å². The smallest absolute Gasteiger partial charge is 0.242 e. The van der Waals surface area contributed by atoms with Crippen molar-refractivity contribution < 1.29 is 18.3 Å². The number of likely N-dealkylation sites (tertiary alicyclic amines) is 1. The highest BCUT2D eigenvalue weighted by Gasteiger charge is 2.51. The van der Waals surface area contributed by atoms with Crippen LogP contribution in [0.3, 0.4) is 0 Å². The second-order valence-corrected chi connectivity index (χ2v) is 8.82. The van der Waals surface area contributed by atoms with Gasteiger partial charge >= 0.3 is 0 Å². The molecule has 2 aromatic rings. The van der Waals surface area contributed by atoms with Crippen molar-refractivity contribution >= 4 is 15.9 Å². The van der Waals surface area contributed by atoms with Gasteiger partial charge in [-0.3, -0.25) is 4.79 Å². The molecule has 1 aliphatic rings. The second kappa shape index (κ2) is 7.80. The summed E-state index contributed by atoms with van der Waals surface area (Å²) in [5.74, 6) is -0.287. The van der Waals surface area contributed by atoms with Gasteiger partial charge in [-0.15, -0.1) is 0 Å². The van der Waals surface area contributed by atoms with Crippen molar-refractivity contribution in [2.24, 2.45) is 0 Å². The summed E-state index contributed by atoms with van der Waals surface area (Å²) < 4.78 is 27.0. The predicted molar refractivity (Wildman–Crippen MR) is 103 cm³/mol. The molecule has 1 aliphatic heterocycles. The van der Waals surface area contributed by atoms with Gasteiger partial charge < -0.3 is 10.0 Å². The van der Waals surface area contributed by atoms with E-state index in [9.17, 15) is 18.3 Å². The maximum Gasteiger partial charge on any atom is 0.242 e. The lowest BCUT2D eigenvalue weighted by Crippen LogP contribution is -2.68. The van der Waals surface area contributed by atoms with Crippen molar-refractivity contribution in [3.63, 3.8) is 0 Å². The molecule has 0 radical (unpaired) electrons. The minimum Gasteiger partial charge on any atom is -0.394 e. The van der Waals surface area contributed by atoms with Crippen LogP contribution < -0.4 is 0 Å². The number of carbonyl (C=O) groups is 1. The van der Waals surface area contributed by atoms with E-state index in [0.717, 1.165) is 5.56 Å². The molecule has 3 rings (SSSR count). The predicted octanol–water partition coefficient (Wildman–Crippen LogP) is 1.68. The third-order valence-electron chi connectivity index (χ3n) is 5.17. The van der Waals surface area contributed by atoms with Gasteiger partial charge in [-0.25, -0.2) is 8.42 Å². The van der Waals surface area contributed by atoms with Crippen molar-refractivity contribution in [1.29, 1.82) is 0 Å². The summed E-state index contributed by atoms with van der Waals surface area (Å²) in [6.07, 6.45) is 0. The molecule has 0 bridgehead atoms. The SMILES string of the molecule is CC(=O)N1[C@H](CO)[C@@H](c2ccccc2)[C@H]1CN(C)S(=O)(=O)c1ccccc1. The number of likely N-dealkylation sites (N-methyl/N-ethyl adjacent to an activating group) is 1. The number of hydrogen-bond donors (Lipinski definition) is 1. The molecule has 1 heterocycles. The summed E-state index contributed by atoms with van der Waals surface area (Å²) in [5, 5.41) is 9.80. The van der Waals surface area contributed by atoms with Crippen LogP contribution in [0.15, 0.2) is 65.6 Å². The second-order valence-electron chi connectivity index (χ2n) is 6.78. The molecule has 1 saturated heterocycles. The van der Waals surface area contributed by atoms with Crippen LogP contribution >= 0.6 is 0 Å². The van der Waals surface area contributed by atoms with Crippen molar-refractivity contribution in [3.8, 4) is 0 Å². The van der Waals surface area contributed by atoms with E-state index in [0.29, 0.717) is 0 Å². The van der Waals surface area contributed by atoms with Gasteiger partial charge in [0.15, 0.2) is 0 Å². The third kappa shape index (κ3) is 3.63. The minimum absolute atomic E-state index is 0.117. The number of rotatable bonds is 6. The molecule has 0 spiro atoms. The molecular weight excluding hydrogens is 364 g/mol. The minimum atomic E-state index is -3.66. The first-order valence-corrected chi connectivity index (χ1v) is 10.3. The van der Waals surface area contributed by atoms with Gasteiger partial charge in [0.2, 0.25) is 15.9 Å². The Bertz CT molecular complexity index is 887. The quantitative estimate of drug-likeness (QED) is 0.817. The zero-order valence-electron chi connectivity index (χ0n) is 15.4. The third-order valence-corrected chi connectivity index (χ3v) is 7.01. The molecule has 6 nitrogen and oxygen atoms in total. The molecule has 27 heavy (non-hydrogen) atoms. The molecule has 7 heteroatoms. The molecule has 1 amide bonds. The van der Waals surface area contributed by atoms with Crippen molar-refractivity contribution in [3.05, 3.63) is 66.2 Å². The molecule has 0 unspecified atom stereocenters. The van der Waals surface area contributed by atoms with Gasteiger partial charge in [-0.05, 0) is 17.7 Å². The Morgan fingerprint density at radius 3 is 2.11 bits per heavy atom. The lowest BCUT2D eigenvalue weighted by atomic mass is 9.75. The summed E-state index contributed by atoms with van der Waals surface area (Å²) in [4.78, 5) is 13.9. The summed E-state index contributed by atoms with van der Waals surface area (Å²) in [6, 6.07) is 17.2. The average molecular weight is 388 g/mol. The number of aliphatic hydroxyl groups excluding tert-OH is 1. The maximum absolute atomic E-state index is 12.9. The number of amides is 1. The lowest BCUT2D eigenvalue weighted by Gasteiger charge is -2.55. The standard InChI is InChI=1S/C20H24N2O4S/c1-15(24)22-18(20(19(22)14-23)16-9-5-3-6-10-16)13-21(2)27(25,26)17-11-7-4-8-12-17/h3-12,18-20,23H,13-14H2,1-2H3/t18-,19-,20+/m1/s1. The molecule has 0 aliphatic carbocycles. The Hall–Kier alpha value is -2.22.